The van der Waals surface area contributed by atoms with Gasteiger partial charge in [0.2, 0.25) is 17.7 Å². The Morgan fingerprint density at radius 2 is 1.62 bits per heavy atom. The van der Waals surface area contributed by atoms with Gasteiger partial charge in [-0.3, -0.25) is 14.4 Å². The van der Waals surface area contributed by atoms with Crippen LogP contribution in [-0.2, 0) is 19.2 Å². The number of rotatable bonds is 5. The van der Waals surface area contributed by atoms with E-state index in [4.69, 9.17) is 15.6 Å². The molecule has 0 unspecified atom stereocenters. The first-order valence-corrected chi connectivity index (χ1v) is 10.1. The second-order valence-electron chi connectivity index (χ2n) is 7.88. The number of carbonyl (C=O) groups excluding carboxylic acids is 3. The molecule has 1 aliphatic rings. The number of nitrogens with zero attached hydrogens (tertiary/aromatic N) is 3. The smallest absolute Gasteiger partial charge is 0.475 e. The topological polar surface area (TPSA) is 124 Å². The monoisotopic (exact) mass is 492 g/mol. The Kier molecular flexibility index (Phi) is 9.97. The van der Waals surface area contributed by atoms with E-state index in [9.17, 15) is 31.9 Å². The lowest BCUT2D eigenvalue weighted by molar-refractivity contribution is -0.192. The molecular formula is C21H28F4N4O5. The van der Waals surface area contributed by atoms with Gasteiger partial charge < -0.3 is 25.5 Å². The first kappa shape index (κ1) is 28.8. The molecule has 34 heavy (non-hydrogen) atoms. The van der Waals surface area contributed by atoms with Gasteiger partial charge in [-0.15, -0.1) is 0 Å². The van der Waals surface area contributed by atoms with Gasteiger partial charge in [-0.1, -0.05) is 12.1 Å². The van der Waals surface area contributed by atoms with Crippen LogP contribution in [0.25, 0.3) is 0 Å². The van der Waals surface area contributed by atoms with Crippen molar-refractivity contribution in [2.24, 2.45) is 5.73 Å². The number of benzene rings is 1. The zero-order chi connectivity index (χ0) is 26.4. The molecule has 1 saturated heterocycles. The molecule has 1 aromatic rings. The van der Waals surface area contributed by atoms with Crippen molar-refractivity contribution in [3.05, 3.63) is 29.8 Å². The summed E-state index contributed by atoms with van der Waals surface area (Å²) in [6, 6.07) is 5.68. The van der Waals surface area contributed by atoms with Crippen LogP contribution in [0.3, 0.4) is 0 Å². The number of carbonyl (C=O) groups is 4. The molecule has 1 heterocycles. The summed E-state index contributed by atoms with van der Waals surface area (Å²) in [6.45, 7) is 1.77. The Bertz CT molecular complexity index is 892. The van der Waals surface area contributed by atoms with Crippen molar-refractivity contribution in [2.45, 2.75) is 37.7 Å². The van der Waals surface area contributed by atoms with Crippen LogP contribution in [0, 0.1) is 0 Å². The fourth-order valence-corrected chi connectivity index (χ4v) is 3.14. The number of anilines is 1. The van der Waals surface area contributed by atoms with Crippen molar-refractivity contribution in [2.75, 3.05) is 39.1 Å². The predicted octanol–water partition coefficient (Wildman–Crippen LogP) is 1.37. The van der Waals surface area contributed by atoms with Crippen molar-refractivity contribution in [3.63, 3.8) is 0 Å². The van der Waals surface area contributed by atoms with Gasteiger partial charge in [0.05, 0.1) is 12.5 Å². The highest BCUT2D eigenvalue weighted by atomic mass is 19.4. The number of halogens is 4. The molecule has 0 aromatic heterocycles. The molecule has 0 bridgehead atoms. The number of likely N-dealkylation sites (N-methyl/N-ethyl adjacent to an activating group) is 1. The summed E-state index contributed by atoms with van der Waals surface area (Å²) in [6.07, 6.45) is -5.85. The normalized spacial score (nSPS) is 17.2. The third-order valence-corrected chi connectivity index (χ3v) is 5.15. The third-order valence-electron chi connectivity index (χ3n) is 5.15. The van der Waals surface area contributed by atoms with Crippen molar-refractivity contribution in [3.8, 4) is 0 Å². The van der Waals surface area contributed by atoms with Crippen molar-refractivity contribution < 1.29 is 41.8 Å². The Morgan fingerprint density at radius 3 is 1.97 bits per heavy atom. The molecule has 3 N–H and O–H groups in total. The van der Waals surface area contributed by atoms with Gasteiger partial charge in [0.25, 0.3) is 0 Å². The van der Waals surface area contributed by atoms with Crippen LogP contribution in [0.1, 0.15) is 24.8 Å². The number of hydrogen-bond acceptors (Lipinski definition) is 5. The summed E-state index contributed by atoms with van der Waals surface area (Å²) in [4.78, 5) is 50.1. The summed E-state index contributed by atoms with van der Waals surface area (Å²) in [5, 5.41) is 7.12. The molecule has 13 heteroatoms. The molecule has 9 nitrogen and oxygen atoms in total. The van der Waals surface area contributed by atoms with E-state index in [-0.39, 0.29) is 24.8 Å². The van der Waals surface area contributed by atoms with E-state index in [2.05, 4.69) is 0 Å². The van der Waals surface area contributed by atoms with Crippen LogP contribution < -0.4 is 10.6 Å². The lowest BCUT2D eigenvalue weighted by Gasteiger charge is -2.29. The SMILES string of the molecule is CC(=O)N(C)c1ccc([C@H](C(=O)N(C)C)[C@H](N)C(=O)N2CC[C@H](F)C2)cc1.O=C(O)C(F)(F)F. The Hall–Kier alpha value is -3.22. The van der Waals surface area contributed by atoms with Gasteiger partial charge in [0, 0.05) is 40.3 Å². The lowest BCUT2D eigenvalue weighted by atomic mass is 9.89. The highest BCUT2D eigenvalue weighted by Crippen LogP contribution is 2.26. The number of alkyl halides is 4. The van der Waals surface area contributed by atoms with Gasteiger partial charge in [-0.25, -0.2) is 9.18 Å². The van der Waals surface area contributed by atoms with Crippen LogP contribution in [-0.4, -0.2) is 91.2 Å². The molecule has 0 spiro atoms. The van der Waals surface area contributed by atoms with Crippen molar-refractivity contribution in [1.29, 1.82) is 0 Å². The fourth-order valence-electron chi connectivity index (χ4n) is 3.14. The number of likely N-dealkylation sites (tertiary alicyclic amines) is 1. The maximum Gasteiger partial charge on any atom is 0.490 e. The van der Waals surface area contributed by atoms with E-state index in [0.29, 0.717) is 17.8 Å². The number of hydrogen-bond donors (Lipinski definition) is 2. The largest absolute Gasteiger partial charge is 0.490 e. The maximum atomic E-state index is 13.5. The van der Waals surface area contributed by atoms with Crippen molar-refractivity contribution >= 4 is 29.4 Å². The van der Waals surface area contributed by atoms with Crippen molar-refractivity contribution in [1.82, 2.24) is 9.80 Å². The van der Waals surface area contributed by atoms with Crippen LogP contribution >= 0.6 is 0 Å². The minimum Gasteiger partial charge on any atom is -0.475 e. The van der Waals surface area contributed by atoms with Crippen LogP contribution in [0.5, 0.6) is 0 Å². The minimum atomic E-state index is -5.08. The summed E-state index contributed by atoms with van der Waals surface area (Å²) in [5.74, 6) is -4.50. The number of amides is 3. The second-order valence-corrected chi connectivity index (χ2v) is 7.88. The molecule has 190 valence electrons. The van der Waals surface area contributed by atoms with E-state index in [1.54, 1.807) is 45.4 Å². The summed E-state index contributed by atoms with van der Waals surface area (Å²) >= 11 is 0. The zero-order valence-corrected chi connectivity index (χ0v) is 19.2. The highest BCUT2D eigenvalue weighted by molar-refractivity contribution is 5.94. The number of aliphatic carboxylic acids is 1. The summed E-state index contributed by atoms with van der Waals surface area (Å²) in [5.41, 5.74) is 7.42. The molecule has 3 atom stereocenters. The minimum absolute atomic E-state index is 0.0117. The van der Waals surface area contributed by atoms with E-state index in [1.807, 2.05) is 0 Å². The van der Waals surface area contributed by atoms with Gasteiger partial charge in [0.15, 0.2) is 0 Å². The Morgan fingerprint density at radius 1 is 1.12 bits per heavy atom. The third kappa shape index (κ3) is 7.68. The molecule has 3 amide bonds. The zero-order valence-electron chi connectivity index (χ0n) is 19.2. The Labute approximate surface area is 194 Å². The first-order chi connectivity index (χ1) is 15.6. The van der Waals surface area contributed by atoms with Gasteiger partial charge in [0.1, 0.15) is 12.2 Å². The maximum absolute atomic E-state index is 13.5. The molecule has 1 aromatic carbocycles. The fraction of sp³-hybridized carbons (Fsp3) is 0.524. The Balaban J connectivity index is 0.000000718. The van der Waals surface area contributed by atoms with Gasteiger partial charge in [-0.05, 0) is 24.1 Å². The van der Waals surface area contributed by atoms with E-state index in [1.165, 1.54) is 21.6 Å². The molecule has 2 rings (SSSR count). The molecule has 0 saturated carbocycles. The van der Waals surface area contributed by atoms with Gasteiger partial charge in [-0.2, -0.15) is 13.2 Å². The van der Waals surface area contributed by atoms with E-state index >= 15 is 0 Å². The summed E-state index contributed by atoms with van der Waals surface area (Å²) in [7, 11) is 4.84. The molecular weight excluding hydrogens is 464 g/mol. The predicted molar refractivity (Wildman–Crippen MR) is 115 cm³/mol. The number of carboxylic acids is 1. The van der Waals surface area contributed by atoms with Crippen LogP contribution in [0.4, 0.5) is 23.2 Å². The molecule has 0 aliphatic carbocycles. The van der Waals surface area contributed by atoms with Crippen LogP contribution in [0.2, 0.25) is 0 Å². The molecule has 1 fully saturated rings. The number of carboxylic acid groups (broad SMARTS) is 1. The quantitative estimate of drug-likeness (QED) is 0.599. The standard InChI is InChI=1S/C19H27FN4O3.C2HF3O2/c1-12(25)23(4)15-7-5-13(6-8-15)16(18(26)22(2)3)17(21)19(27)24-10-9-14(20)11-24;3-2(4,5)1(6)7/h5-8,14,16-17H,9-11,21H2,1-4H3;(H,6,7)/t14-,16-,17-;/m0./s1. The number of nitrogens with two attached hydrogens (primary N) is 1. The lowest BCUT2D eigenvalue weighted by Crippen LogP contribution is -2.50. The molecule has 1 aliphatic heterocycles. The van der Waals surface area contributed by atoms with E-state index < -0.39 is 36.2 Å². The summed E-state index contributed by atoms with van der Waals surface area (Å²) < 4.78 is 45.2. The van der Waals surface area contributed by atoms with E-state index in [0.717, 1.165) is 0 Å². The van der Waals surface area contributed by atoms with Gasteiger partial charge >= 0.3 is 12.1 Å². The van der Waals surface area contributed by atoms with Crippen LogP contribution in [0.15, 0.2) is 24.3 Å². The average Bonchev–Trinajstić information content (AvgIpc) is 3.19. The molecule has 0 radical (unpaired) electrons. The highest BCUT2D eigenvalue weighted by Gasteiger charge is 2.39. The first-order valence-electron chi connectivity index (χ1n) is 10.1. The average molecular weight is 492 g/mol. The second kappa shape index (κ2) is 11.8.